The molecule has 0 aliphatic rings. The summed E-state index contributed by atoms with van der Waals surface area (Å²) in [5, 5.41) is 3.31. The van der Waals surface area contributed by atoms with Gasteiger partial charge in [0.15, 0.2) is 0 Å². The fraction of sp³-hybridized carbons (Fsp3) is 0.429. The highest BCUT2D eigenvalue weighted by Crippen LogP contribution is 2.07. The van der Waals surface area contributed by atoms with Crippen LogP contribution in [0.5, 0.6) is 0 Å². The van der Waals surface area contributed by atoms with Crippen LogP contribution in [0.2, 0.25) is 0 Å². The molecule has 0 heterocycles. The molecule has 0 fully saturated rings. The van der Waals surface area contributed by atoms with Crippen molar-refractivity contribution in [2.75, 3.05) is 6.54 Å². The Balaban J connectivity index is 0.000000921. The first-order valence-electron chi connectivity index (χ1n) is 5.82. The molecule has 1 aromatic carbocycles. The summed E-state index contributed by atoms with van der Waals surface area (Å²) in [5.74, 6) is 0. The molecule has 1 N–H and O–H groups in total. The van der Waals surface area contributed by atoms with E-state index in [0.717, 1.165) is 12.2 Å². The molecule has 1 heteroatoms. The van der Waals surface area contributed by atoms with Crippen molar-refractivity contribution in [3.8, 4) is 0 Å². The van der Waals surface area contributed by atoms with E-state index in [1.54, 1.807) is 0 Å². The highest BCUT2D eigenvalue weighted by atomic mass is 14.9. The Morgan fingerprint density at radius 3 is 2.33 bits per heavy atom. The minimum Gasteiger partial charge on any atom is -0.385 e. The van der Waals surface area contributed by atoms with Gasteiger partial charge in [-0.05, 0) is 12.0 Å². The van der Waals surface area contributed by atoms with Crippen LogP contribution in [0, 0.1) is 0 Å². The fourth-order valence-corrected chi connectivity index (χ4v) is 1.16. The van der Waals surface area contributed by atoms with Gasteiger partial charge in [-0.25, -0.2) is 0 Å². The standard InChI is InChI=1S/C12H17N.C2H6/c1-3-4-10-13-11(2)12-8-6-5-7-9-12;1-2/h5-9,13H,2-4,10H2,1H3;1-2H3. The van der Waals surface area contributed by atoms with Crippen molar-refractivity contribution in [2.45, 2.75) is 33.6 Å². The first kappa shape index (κ1) is 13.8. The summed E-state index contributed by atoms with van der Waals surface area (Å²) in [6, 6.07) is 10.2. The van der Waals surface area contributed by atoms with E-state index in [2.05, 4.69) is 31.0 Å². The molecule has 0 saturated carbocycles. The van der Waals surface area contributed by atoms with E-state index in [4.69, 9.17) is 0 Å². The van der Waals surface area contributed by atoms with Crippen LogP contribution in [-0.2, 0) is 0 Å². The molecule has 84 valence electrons. The van der Waals surface area contributed by atoms with Crippen LogP contribution in [0.1, 0.15) is 39.2 Å². The second-order valence-corrected chi connectivity index (χ2v) is 3.12. The fourth-order valence-electron chi connectivity index (χ4n) is 1.16. The van der Waals surface area contributed by atoms with E-state index < -0.39 is 0 Å². The Kier molecular flexibility index (Phi) is 8.55. The van der Waals surface area contributed by atoms with E-state index in [9.17, 15) is 0 Å². The maximum absolute atomic E-state index is 3.99. The number of rotatable bonds is 5. The lowest BCUT2D eigenvalue weighted by Crippen LogP contribution is -2.12. The number of hydrogen-bond acceptors (Lipinski definition) is 1. The molecule has 0 spiro atoms. The molecule has 0 bridgehead atoms. The first-order valence-corrected chi connectivity index (χ1v) is 5.82. The Hall–Kier alpha value is -1.24. The molecule has 0 amide bonds. The lowest BCUT2D eigenvalue weighted by Gasteiger charge is -2.08. The number of nitrogens with one attached hydrogen (secondary N) is 1. The van der Waals surface area contributed by atoms with Crippen LogP contribution in [-0.4, -0.2) is 6.54 Å². The second-order valence-electron chi connectivity index (χ2n) is 3.12. The lowest BCUT2D eigenvalue weighted by molar-refractivity contribution is 0.745. The third kappa shape index (κ3) is 5.95. The average molecular weight is 205 g/mol. The molecule has 15 heavy (non-hydrogen) atoms. The van der Waals surface area contributed by atoms with Gasteiger partial charge in [-0.2, -0.15) is 0 Å². The predicted octanol–water partition coefficient (Wildman–Crippen LogP) is 4.07. The summed E-state index contributed by atoms with van der Waals surface area (Å²) in [5.41, 5.74) is 2.20. The van der Waals surface area contributed by atoms with Crippen molar-refractivity contribution in [3.05, 3.63) is 42.5 Å². The quantitative estimate of drug-likeness (QED) is 0.714. The molecular weight excluding hydrogens is 182 g/mol. The SMILES string of the molecule is C=C(NCCCC)c1ccccc1.CC. The van der Waals surface area contributed by atoms with Crippen molar-refractivity contribution in [1.82, 2.24) is 5.32 Å². The predicted molar refractivity (Wildman–Crippen MR) is 69.7 cm³/mol. The van der Waals surface area contributed by atoms with Gasteiger partial charge in [0.2, 0.25) is 0 Å². The summed E-state index contributed by atoms with van der Waals surface area (Å²) in [6.07, 6.45) is 2.42. The molecule has 0 atom stereocenters. The first-order chi connectivity index (χ1) is 7.34. The summed E-state index contributed by atoms with van der Waals surface area (Å²) < 4.78 is 0. The Morgan fingerprint density at radius 1 is 1.20 bits per heavy atom. The number of unbranched alkanes of at least 4 members (excludes halogenated alkanes) is 1. The van der Waals surface area contributed by atoms with Crippen molar-refractivity contribution in [1.29, 1.82) is 0 Å². The summed E-state index contributed by atoms with van der Waals surface area (Å²) in [7, 11) is 0. The topological polar surface area (TPSA) is 12.0 Å². The van der Waals surface area contributed by atoms with Crippen LogP contribution < -0.4 is 5.32 Å². The van der Waals surface area contributed by atoms with Crippen LogP contribution >= 0.6 is 0 Å². The van der Waals surface area contributed by atoms with E-state index >= 15 is 0 Å². The van der Waals surface area contributed by atoms with Gasteiger partial charge < -0.3 is 5.32 Å². The molecular formula is C14H23N. The van der Waals surface area contributed by atoms with Crippen molar-refractivity contribution >= 4 is 5.70 Å². The maximum Gasteiger partial charge on any atom is 0.0340 e. The van der Waals surface area contributed by atoms with Crippen LogP contribution in [0.3, 0.4) is 0 Å². The molecule has 1 aromatic rings. The smallest absolute Gasteiger partial charge is 0.0340 e. The molecule has 1 nitrogen and oxygen atoms in total. The van der Waals surface area contributed by atoms with Crippen molar-refractivity contribution in [3.63, 3.8) is 0 Å². The number of hydrogen-bond donors (Lipinski definition) is 1. The van der Waals surface area contributed by atoms with Gasteiger partial charge >= 0.3 is 0 Å². The molecule has 0 aromatic heterocycles. The zero-order chi connectivity index (χ0) is 11.5. The normalized spacial score (nSPS) is 8.73. The highest BCUT2D eigenvalue weighted by molar-refractivity contribution is 5.61. The zero-order valence-electron chi connectivity index (χ0n) is 10.2. The molecule has 0 aliphatic heterocycles. The van der Waals surface area contributed by atoms with Crippen LogP contribution in [0.25, 0.3) is 5.70 Å². The van der Waals surface area contributed by atoms with Crippen molar-refractivity contribution < 1.29 is 0 Å². The minimum absolute atomic E-state index is 1.02. The van der Waals surface area contributed by atoms with Crippen LogP contribution in [0.4, 0.5) is 0 Å². The van der Waals surface area contributed by atoms with Gasteiger partial charge in [-0.3, -0.25) is 0 Å². The molecule has 1 rings (SSSR count). The van der Waals surface area contributed by atoms with Crippen molar-refractivity contribution in [2.24, 2.45) is 0 Å². The summed E-state index contributed by atoms with van der Waals surface area (Å²) in [4.78, 5) is 0. The Bertz CT molecular complexity index is 251. The summed E-state index contributed by atoms with van der Waals surface area (Å²) in [6.45, 7) is 11.2. The second kappa shape index (κ2) is 9.32. The largest absolute Gasteiger partial charge is 0.385 e. The molecule has 0 radical (unpaired) electrons. The summed E-state index contributed by atoms with van der Waals surface area (Å²) >= 11 is 0. The average Bonchev–Trinajstić information content (AvgIpc) is 2.33. The van der Waals surface area contributed by atoms with E-state index in [-0.39, 0.29) is 0 Å². The van der Waals surface area contributed by atoms with Gasteiger partial charge in [0.1, 0.15) is 0 Å². The van der Waals surface area contributed by atoms with E-state index in [0.29, 0.717) is 0 Å². The highest BCUT2D eigenvalue weighted by Gasteiger charge is 1.94. The van der Waals surface area contributed by atoms with Crippen LogP contribution in [0.15, 0.2) is 36.9 Å². The van der Waals surface area contributed by atoms with Gasteiger partial charge in [0.05, 0.1) is 0 Å². The van der Waals surface area contributed by atoms with E-state index in [1.807, 2.05) is 32.0 Å². The monoisotopic (exact) mass is 205 g/mol. The third-order valence-corrected chi connectivity index (χ3v) is 1.99. The Labute approximate surface area is 94.2 Å². The van der Waals surface area contributed by atoms with Gasteiger partial charge in [0, 0.05) is 12.2 Å². The molecule has 0 saturated heterocycles. The minimum atomic E-state index is 1.02. The zero-order valence-corrected chi connectivity index (χ0v) is 10.2. The van der Waals surface area contributed by atoms with Gasteiger partial charge in [0.25, 0.3) is 0 Å². The Morgan fingerprint density at radius 2 is 1.80 bits per heavy atom. The number of benzene rings is 1. The maximum atomic E-state index is 3.99. The van der Waals surface area contributed by atoms with E-state index in [1.165, 1.54) is 18.4 Å². The van der Waals surface area contributed by atoms with Gasteiger partial charge in [-0.1, -0.05) is 64.1 Å². The third-order valence-electron chi connectivity index (χ3n) is 1.99. The molecule has 0 unspecified atom stereocenters. The van der Waals surface area contributed by atoms with Gasteiger partial charge in [-0.15, -0.1) is 0 Å². The lowest BCUT2D eigenvalue weighted by atomic mass is 10.2. The molecule has 0 aliphatic carbocycles.